The van der Waals surface area contributed by atoms with E-state index in [9.17, 15) is 14.3 Å². The van der Waals surface area contributed by atoms with Gasteiger partial charge in [-0.2, -0.15) is 4.37 Å². The van der Waals surface area contributed by atoms with Gasteiger partial charge in [-0.15, -0.1) is 0 Å². The fourth-order valence-electron chi connectivity index (χ4n) is 2.51. The maximum absolute atomic E-state index is 13.8. The minimum absolute atomic E-state index is 0.0898. The van der Waals surface area contributed by atoms with Crippen LogP contribution in [0.3, 0.4) is 0 Å². The molecule has 2 heterocycles. The number of amides is 2. The number of carbonyl (C=O) groups is 1. The normalized spacial score (nSPS) is 14.6. The SMILES string of the molecule is Cc1nsc(NC(=O)N2CCC(=Cc3ccc(O)cc3F)CC2)n1. The predicted octanol–water partition coefficient (Wildman–Crippen LogP) is 3.40. The molecule has 8 heteroatoms. The highest BCUT2D eigenvalue weighted by molar-refractivity contribution is 7.09. The quantitative estimate of drug-likeness (QED) is 0.872. The van der Waals surface area contributed by atoms with Gasteiger partial charge < -0.3 is 10.0 Å². The summed E-state index contributed by atoms with van der Waals surface area (Å²) in [5.74, 6) is 0.0949. The summed E-state index contributed by atoms with van der Waals surface area (Å²) in [6, 6.07) is 3.91. The Kier molecular flexibility index (Phi) is 4.75. The van der Waals surface area contributed by atoms with Crippen molar-refractivity contribution < 1.29 is 14.3 Å². The summed E-state index contributed by atoms with van der Waals surface area (Å²) in [5, 5.41) is 12.5. The van der Waals surface area contributed by atoms with E-state index in [0.717, 1.165) is 23.2 Å². The van der Waals surface area contributed by atoms with Crippen molar-refractivity contribution in [3.63, 3.8) is 0 Å². The van der Waals surface area contributed by atoms with Crippen LogP contribution in [-0.2, 0) is 0 Å². The lowest BCUT2D eigenvalue weighted by Crippen LogP contribution is -2.39. The van der Waals surface area contributed by atoms with Crippen LogP contribution >= 0.6 is 11.5 Å². The molecule has 1 aliphatic rings. The van der Waals surface area contributed by atoms with Gasteiger partial charge >= 0.3 is 6.03 Å². The van der Waals surface area contributed by atoms with Crippen LogP contribution in [0.1, 0.15) is 24.2 Å². The molecule has 126 valence electrons. The van der Waals surface area contributed by atoms with Crippen LogP contribution in [-0.4, -0.2) is 38.5 Å². The molecule has 1 fully saturated rings. The van der Waals surface area contributed by atoms with Crippen molar-refractivity contribution in [2.75, 3.05) is 18.4 Å². The largest absolute Gasteiger partial charge is 0.508 e. The Bertz CT molecular complexity index is 780. The van der Waals surface area contributed by atoms with E-state index in [2.05, 4.69) is 14.7 Å². The molecule has 0 atom stereocenters. The van der Waals surface area contributed by atoms with E-state index in [0.29, 0.717) is 42.5 Å². The number of phenols is 1. The highest BCUT2D eigenvalue weighted by atomic mass is 32.1. The zero-order valence-electron chi connectivity index (χ0n) is 13.1. The number of likely N-dealkylation sites (tertiary alicyclic amines) is 1. The summed E-state index contributed by atoms with van der Waals surface area (Å²) in [5.41, 5.74) is 1.53. The Morgan fingerprint density at radius 1 is 1.42 bits per heavy atom. The fraction of sp³-hybridized carbons (Fsp3) is 0.312. The van der Waals surface area contributed by atoms with Gasteiger partial charge in [0.1, 0.15) is 17.4 Å². The second-order valence-electron chi connectivity index (χ2n) is 5.57. The van der Waals surface area contributed by atoms with Crippen LogP contribution in [0.4, 0.5) is 14.3 Å². The van der Waals surface area contributed by atoms with Gasteiger partial charge in [0.15, 0.2) is 0 Å². The van der Waals surface area contributed by atoms with Gasteiger partial charge in [0, 0.05) is 36.3 Å². The maximum Gasteiger partial charge on any atom is 0.323 e. The summed E-state index contributed by atoms with van der Waals surface area (Å²) in [4.78, 5) is 18.0. The summed E-state index contributed by atoms with van der Waals surface area (Å²) in [6.07, 6.45) is 3.16. The molecular weight excluding hydrogens is 331 g/mol. The van der Waals surface area contributed by atoms with Crippen LogP contribution in [0.15, 0.2) is 23.8 Å². The number of nitrogens with zero attached hydrogens (tertiary/aromatic N) is 3. The number of anilines is 1. The molecule has 1 aromatic heterocycles. The fourth-order valence-corrected chi connectivity index (χ4v) is 3.08. The summed E-state index contributed by atoms with van der Waals surface area (Å²) in [7, 11) is 0. The van der Waals surface area contributed by atoms with Crippen molar-refractivity contribution in [2.45, 2.75) is 19.8 Å². The van der Waals surface area contributed by atoms with Gasteiger partial charge in [0.05, 0.1) is 0 Å². The average molecular weight is 348 g/mol. The zero-order valence-corrected chi connectivity index (χ0v) is 13.9. The topological polar surface area (TPSA) is 78.4 Å². The minimum atomic E-state index is -0.450. The predicted molar refractivity (Wildman–Crippen MR) is 90.5 cm³/mol. The van der Waals surface area contributed by atoms with Crippen LogP contribution in [0.2, 0.25) is 0 Å². The lowest BCUT2D eigenvalue weighted by Gasteiger charge is -2.28. The van der Waals surface area contributed by atoms with E-state index in [1.165, 1.54) is 6.07 Å². The van der Waals surface area contributed by atoms with E-state index < -0.39 is 5.82 Å². The molecular formula is C16H17FN4O2S. The molecule has 0 bridgehead atoms. The number of halogens is 1. The Morgan fingerprint density at radius 2 is 2.17 bits per heavy atom. The number of aryl methyl sites for hydroxylation is 1. The van der Waals surface area contributed by atoms with Crippen molar-refractivity contribution in [3.05, 3.63) is 41.0 Å². The number of rotatable bonds is 2. The number of urea groups is 1. The number of benzene rings is 1. The Balaban J connectivity index is 1.59. The number of nitrogens with one attached hydrogen (secondary N) is 1. The van der Waals surface area contributed by atoms with Crippen molar-refractivity contribution in [1.82, 2.24) is 14.3 Å². The van der Waals surface area contributed by atoms with Crippen molar-refractivity contribution in [2.24, 2.45) is 0 Å². The summed E-state index contributed by atoms with van der Waals surface area (Å²) < 4.78 is 17.8. The van der Waals surface area contributed by atoms with Crippen LogP contribution in [0.5, 0.6) is 5.75 Å². The molecule has 1 saturated heterocycles. The lowest BCUT2D eigenvalue weighted by atomic mass is 10.0. The second kappa shape index (κ2) is 6.96. The van der Waals surface area contributed by atoms with Gasteiger partial charge in [-0.25, -0.2) is 14.2 Å². The van der Waals surface area contributed by atoms with Crippen LogP contribution < -0.4 is 5.32 Å². The number of aromatic hydroxyl groups is 1. The van der Waals surface area contributed by atoms with Gasteiger partial charge in [-0.3, -0.25) is 5.32 Å². The first kappa shape index (κ1) is 16.4. The Hall–Kier alpha value is -2.48. The van der Waals surface area contributed by atoms with Gasteiger partial charge in [-0.05, 0) is 31.9 Å². The van der Waals surface area contributed by atoms with E-state index in [1.807, 2.05) is 0 Å². The molecule has 24 heavy (non-hydrogen) atoms. The van der Waals surface area contributed by atoms with E-state index in [4.69, 9.17) is 0 Å². The molecule has 0 spiro atoms. The van der Waals surface area contributed by atoms with Crippen molar-refractivity contribution >= 4 is 28.8 Å². The first-order valence-electron chi connectivity index (χ1n) is 7.55. The highest BCUT2D eigenvalue weighted by Crippen LogP contribution is 2.23. The Morgan fingerprint density at radius 3 is 2.79 bits per heavy atom. The molecule has 1 aromatic carbocycles. The molecule has 2 amide bonds. The molecule has 0 radical (unpaired) electrons. The zero-order chi connectivity index (χ0) is 17.1. The Labute approximate surface area is 142 Å². The highest BCUT2D eigenvalue weighted by Gasteiger charge is 2.20. The van der Waals surface area contributed by atoms with E-state index in [1.54, 1.807) is 24.0 Å². The minimum Gasteiger partial charge on any atom is -0.508 e. The van der Waals surface area contributed by atoms with Crippen LogP contribution in [0, 0.1) is 12.7 Å². The standard InChI is InChI=1S/C16H17FN4O2S/c1-10-18-15(24-20-10)19-16(23)21-6-4-11(5-7-21)8-12-2-3-13(22)9-14(12)17/h2-3,8-9,22H,4-7H2,1H3,(H,18,19,20,23). The summed E-state index contributed by atoms with van der Waals surface area (Å²) >= 11 is 1.15. The third kappa shape index (κ3) is 3.88. The number of piperidine rings is 1. The number of hydrogen-bond donors (Lipinski definition) is 2. The van der Waals surface area contributed by atoms with E-state index >= 15 is 0 Å². The van der Waals surface area contributed by atoms with E-state index in [-0.39, 0.29) is 11.8 Å². The molecule has 0 aliphatic carbocycles. The molecule has 6 nitrogen and oxygen atoms in total. The third-order valence-electron chi connectivity index (χ3n) is 3.78. The maximum atomic E-state index is 13.8. The number of hydrogen-bond acceptors (Lipinski definition) is 5. The molecule has 1 aliphatic heterocycles. The second-order valence-corrected chi connectivity index (χ2v) is 6.32. The average Bonchev–Trinajstić information content (AvgIpc) is 2.96. The molecule has 0 saturated carbocycles. The van der Waals surface area contributed by atoms with Crippen molar-refractivity contribution in [1.29, 1.82) is 0 Å². The monoisotopic (exact) mass is 348 g/mol. The summed E-state index contributed by atoms with van der Waals surface area (Å²) in [6.45, 7) is 2.90. The lowest BCUT2D eigenvalue weighted by molar-refractivity contribution is 0.208. The molecule has 2 N–H and O–H groups in total. The van der Waals surface area contributed by atoms with Crippen molar-refractivity contribution in [3.8, 4) is 5.75 Å². The number of phenolic OH excluding ortho intramolecular Hbond substituents is 1. The van der Waals surface area contributed by atoms with Crippen LogP contribution in [0.25, 0.3) is 6.08 Å². The van der Waals surface area contributed by atoms with Gasteiger partial charge in [0.2, 0.25) is 5.13 Å². The number of carbonyl (C=O) groups excluding carboxylic acids is 1. The molecule has 2 aromatic rings. The molecule has 3 rings (SSSR count). The van der Waals surface area contributed by atoms with Gasteiger partial charge in [0.25, 0.3) is 0 Å². The number of aromatic nitrogens is 2. The molecule has 0 unspecified atom stereocenters. The first-order valence-corrected chi connectivity index (χ1v) is 8.33. The first-order chi connectivity index (χ1) is 11.5. The smallest absolute Gasteiger partial charge is 0.323 e. The third-order valence-corrected chi connectivity index (χ3v) is 4.50. The van der Waals surface area contributed by atoms with Gasteiger partial charge in [-0.1, -0.05) is 11.6 Å².